The van der Waals surface area contributed by atoms with Gasteiger partial charge in [0.15, 0.2) is 0 Å². The third-order valence-corrected chi connectivity index (χ3v) is 10.3. The van der Waals surface area contributed by atoms with E-state index in [9.17, 15) is 14.4 Å². The highest BCUT2D eigenvalue weighted by Gasteiger charge is 2.24. The summed E-state index contributed by atoms with van der Waals surface area (Å²) in [5.74, 6) is 2.06. The van der Waals surface area contributed by atoms with E-state index in [1.807, 2.05) is 50.5 Å². The van der Waals surface area contributed by atoms with E-state index in [0.717, 1.165) is 28.3 Å². The van der Waals surface area contributed by atoms with Gasteiger partial charge in [-0.25, -0.2) is 9.78 Å². The molecule has 342 valence electrons. The summed E-state index contributed by atoms with van der Waals surface area (Å²) in [4.78, 5) is 45.6. The molecular formula is C48H61N7O9. The normalized spacial score (nSPS) is 11.3. The van der Waals surface area contributed by atoms with Gasteiger partial charge in [-0.2, -0.15) is 0 Å². The number of likely N-dealkylation sites (N-methyl/N-ethyl adjacent to an activating group) is 1. The third-order valence-electron chi connectivity index (χ3n) is 10.3. The van der Waals surface area contributed by atoms with Crippen molar-refractivity contribution >= 4 is 51.5 Å². The molecule has 0 saturated heterocycles. The standard InChI is InChI=1S/C48H61N7O9/c1-9-48(2,3)34-24-33(30-51-44(56)31-55(4)5)45(61-8)41(27-34)54-47(58)53-40-14-15-42(39-13-11-10-12-38(39)40)64-36-16-17-49-43(29-36)52-35-25-32(26-37(28-35)60-7)46(57)50-18-19-62-22-23-63-21-20-59-6/h10-17,24-29H,9,18-23,30-31H2,1-8H3,(H,49,52)(H,50,57)(H,51,56)(H2,53,54,58). The van der Waals surface area contributed by atoms with E-state index < -0.39 is 6.03 Å². The first-order valence-corrected chi connectivity index (χ1v) is 21.1. The lowest BCUT2D eigenvalue weighted by Gasteiger charge is -2.26. The molecule has 1 aromatic heterocycles. The fraction of sp³-hybridized carbons (Fsp3) is 0.375. The fourth-order valence-electron chi connectivity index (χ4n) is 6.57. The second-order valence-corrected chi connectivity index (χ2v) is 15.7. The van der Waals surface area contributed by atoms with Crippen molar-refractivity contribution < 1.29 is 42.8 Å². The summed E-state index contributed by atoms with van der Waals surface area (Å²) in [5.41, 5.74) is 3.54. The minimum atomic E-state index is -0.473. The van der Waals surface area contributed by atoms with E-state index in [4.69, 9.17) is 28.4 Å². The molecule has 0 saturated carbocycles. The van der Waals surface area contributed by atoms with E-state index >= 15 is 0 Å². The number of amides is 4. The van der Waals surface area contributed by atoms with Crippen LogP contribution in [0.3, 0.4) is 0 Å². The summed E-state index contributed by atoms with van der Waals surface area (Å²) < 4.78 is 33.6. The Labute approximate surface area is 375 Å². The predicted octanol–water partition coefficient (Wildman–Crippen LogP) is 7.71. The maximum absolute atomic E-state index is 13.8. The number of fused-ring (bicyclic) bond motifs is 1. The maximum atomic E-state index is 13.8. The predicted molar refractivity (Wildman–Crippen MR) is 250 cm³/mol. The van der Waals surface area contributed by atoms with Crippen LogP contribution in [0, 0.1) is 0 Å². The van der Waals surface area contributed by atoms with Crippen LogP contribution >= 0.6 is 0 Å². The number of rotatable bonds is 24. The number of pyridine rings is 1. The number of hydrogen-bond acceptors (Lipinski definition) is 12. The zero-order chi connectivity index (χ0) is 46.1. The first kappa shape index (κ1) is 48.6. The Balaban J connectivity index is 1.28. The highest BCUT2D eigenvalue weighted by atomic mass is 16.5. The average molecular weight is 880 g/mol. The smallest absolute Gasteiger partial charge is 0.323 e. The van der Waals surface area contributed by atoms with Gasteiger partial charge in [-0.1, -0.05) is 45.0 Å². The van der Waals surface area contributed by atoms with Gasteiger partial charge in [0.05, 0.1) is 65.2 Å². The van der Waals surface area contributed by atoms with E-state index in [1.54, 1.807) is 67.8 Å². The number of nitrogens with zero attached hydrogens (tertiary/aromatic N) is 2. The number of benzene rings is 4. The van der Waals surface area contributed by atoms with Crippen LogP contribution in [0.4, 0.5) is 27.7 Å². The Kier molecular flexibility index (Phi) is 18.1. The molecule has 4 aromatic carbocycles. The molecule has 0 unspecified atom stereocenters. The summed E-state index contributed by atoms with van der Waals surface area (Å²) in [6.07, 6.45) is 2.47. The molecular weight excluding hydrogens is 819 g/mol. The topological polar surface area (TPSA) is 183 Å². The highest BCUT2D eigenvalue weighted by molar-refractivity contribution is 6.08. The summed E-state index contributed by atoms with van der Waals surface area (Å²) in [6.45, 7) is 9.38. The molecule has 0 radical (unpaired) electrons. The van der Waals surface area contributed by atoms with Crippen molar-refractivity contribution in [2.45, 2.75) is 39.2 Å². The van der Waals surface area contributed by atoms with Gasteiger partial charge in [0.1, 0.15) is 28.8 Å². The quantitative estimate of drug-likeness (QED) is 0.0382. The molecule has 16 nitrogen and oxygen atoms in total. The lowest BCUT2D eigenvalue weighted by atomic mass is 9.81. The molecule has 0 aliphatic heterocycles. The molecule has 1 heterocycles. The van der Waals surface area contributed by atoms with Crippen molar-refractivity contribution in [1.82, 2.24) is 20.5 Å². The first-order chi connectivity index (χ1) is 30.8. The van der Waals surface area contributed by atoms with Crippen LogP contribution in [0.1, 0.15) is 48.7 Å². The average Bonchev–Trinajstić information content (AvgIpc) is 3.28. The Morgan fingerprint density at radius 2 is 1.48 bits per heavy atom. The molecule has 0 aliphatic rings. The van der Waals surface area contributed by atoms with Crippen LogP contribution in [0.2, 0.25) is 0 Å². The number of hydrogen-bond donors (Lipinski definition) is 5. The van der Waals surface area contributed by atoms with Gasteiger partial charge in [-0.3, -0.25) is 9.59 Å². The Bertz CT molecular complexity index is 2360. The number of nitrogens with one attached hydrogen (secondary N) is 5. The Hall–Kier alpha value is -6.46. The van der Waals surface area contributed by atoms with Gasteiger partial charge in [-0.15, -0.1) is 0 Å². The number of anilines is 4. The zero-order valence-electron chi connectivity index (χ0n) is 38.0. The van der Waals surface area contributed by atoms with Crippen LogP contribution in [0.5, 0.6) is 23.0 Å². The van der Waals surface area contributed by atoms with Crippen LogP contribution in [-0.2, 0) is 31.0 Å². The van der Waals surface area contributed by atoms with Crippen molar-refractivity contribution in [2.24, 2.45) is 0 Å². The third kappa shape index (κ3) is 14.0. The zero-order valence-corrected chi connectivity index (χ0v) is 38.0. The van der Waals surface area contributed by atoms with Gasteiger partial charge in [0, 0.05) is 66.1 Å². The number of methoxy groups -OCH3 is 3. The largest absolute Gasteiger partial charge is 0.497 e. The van der Waals surface area contributed by atoms with Crippen LogP contribution in [0.25, 0.3) is 10.8 Å². The van der Waals surface area contributed by atoms with Crippen molar-refractivity contribution in [3.05, 3.63) is 102 Å². The van der Waals surface area contributed by atoms with Gasteiger partial charge >= 0.3 is 6.03 Å². The maximum Gasteiger partial charge on any atom is 0.323 e. The molecule has 0 aliphatic carbocycles. The fourth-order valence-corrected chi connectivity index (χ4v) is 6.57. The lowest BCUT2D eigenvalue weighted by molar-refractivity contribution is -0.121. The van der Waals surface area contributed by atoms with E-state index in [1.165, 1.54) is 7.11 Å². The highest BCUT2D eigenvalue weighted by Crippen LogP contribution is 2.38. The summed E-state index contributed by atoms with van der Waals surface area (Å²) in [6, 6.07) is 23.3. The number of carbonyl (C=O) groups excluding carboxylic acids is 3. The van der Waals surface area contributed by atoms with Crippen LogP contribution in [-0.4, -0.2) is 109 Å². The SMILES string of the molecule is CCC(C)(C)c1cc(CNC(=O)CN(C)C)c(OC)c(NC(=O)Nc2ccc(Oc3ccnc(Nc4cc(OC)cc(C(=O)NCCOCCOCCOC)c4)c3)c3ccccc23)c1. The van der Waals surface area contributed by atoms with E-state index in [-0.39, 0.29) is 30.3 Å². The lowest BCUT2D eigenvalue weighted by Crippen LogP contribution is -2.33. The monoisotopic (exact) mass is 879 g/mol. The van der Waals surface area contributed by atoms with Gasteiger partial charge in [-0.05, 0) is 74.0 Å². The van der Waals surface area contributed by atoms with Crippen molar-refractivity contribution in [1.29, 1.82) is 0 Å². The molecule has 4 amide bonds. The molecule has 0 bridgehead atoms. The second kappa shape index (κ2) is 23.8. The molecule has 0 atom stereocenters. The molecule has 0 fully saturated rings. The van der Waals surface area contributed by atoms with Crippen molar-refractivity contribution in [3.63, 3.8) is 0 Å². The van der Waals surface area contributed by atoms with Gasteiger partial charge in [0.25, 0.3) is 5.91 Å². The van der Waals surface area contributed by atoms with E-state index in [0.29, 0.717) is 91.0 Å². The molecule has 0 spiro atoms. The number of ether oxygens (including phenoxy) is 6. The Morgan fingerprint density at radius 3 is 2.20 bits per heavy atom. The second-order valence-electron chi connectivity index (χ2n) is 15.7. The van der Waals surface area contributed by atoms with Gasteiger partial charge < -0.3 is 59.9 Å². The van der Waals surface area contributed by atoms with Crippen LogP contribution in [0.15, 0.2) is 85.1 Å². The summed E-state index contributed by atoms with van der Waals surface area (Å²) in [7, 11) is 8.36. The first-order valence-electron chi connectivity index (χ1n) is 21.1. The van der Waals surface area contributed by atoms with Crippen LogP contribution < -0.4 is 40.8 Å². The number of carbonyl (C=O) groups is 3. The number of aromatic nitrogens is 1. The molecule has 16 heteroatoms. The minimum absolute atomic E-state index is 0.125. The molecule has 64 heavy (non-hydrogen) atoms. The van der Waals surface area contributed by atoms with E-state index in [2.05, 4.69) is 52.3 Å². The summed E-state index contributed by atoms with van der Waals surface area (Å²) in [5, 5.41) is 16.6. The van der Waals surface area contributed by atoms with Crippen molar-refractivity contribution in [3.8, 4) is 23.0 Å². The molecule has 5 rings (SSSR count). The molecule has 5 N–H and O–H groups in total. The Morgan fingerprint density at radius 1 is 0.750 bits per heavy atom. The summed E-state index contributed by atoms with van der Waals surface area (Å²) >= 11 is 0. The molecule has 5 aromatic rings. The van der Waals surface area contributed by atoms with Gasteiger partial charge in [0.2, 0.25) is 5.91 Å². The van der Waals surface area contributed by atoms with Crippen molar-refractivity contribution in [2.75, 3.05) is 97.5 Å². The number of urea groups is 1. The minimum Gasteiger partial charge on any atom is -0.497 e.